The summed E-state index contributed by atoms with van der Waals surface area (Å²) >= 11 is 0. The molecule has 9 heavy (non-hydrogen) atoms. The van der Waals surface area contributed by atoms with E-state index in [2.05, 4.69) is 21.8 Å². The summed E-state index contributed by atoms with van der Waals surface area (Å²) in [5.41, 5.74) is 0. The van der Waals surface area contributed by atoms with Crippen molar-refractivity contribution in [2.24, 2.45) is 0 Å². The largest absolute Gasteiger partial charge is 0.310 e. The van der Waals surface area contributed by atoms with Crippen molar-refractivity contribution >= 4 is 6.21 Å². The summed E-state index contributed by atoms with van der Waals surface area (Å²) in [6, 6.07) is 0. The van der Waals surface area contributed by atoms with Crippen LogP contribution in [0.25, 0.3) is 0 Å². The lowest BCUT2D eigenvalue weighted by molar-refractivity contribution is -0.450. The van der Waals surface area contributed by atoms with Gasteiger partial charge in [-0.3, -0.25) is 0 Å². The number of hydrogen-bond donors (Lipinski definition) is 3. The van der Waals surface area contributed by atoms with Crippen molar-refractivity contribution in [3.05, 3.63) is 0 Å². The van der Waals surface area contributed by atoms with Gasteiger partial charge in [-0.2, -0.15) is 0 Å². The van der Waals surface area contributed by atoms with Crippen LogP contribution >= 0.6 is 0 Å². The summed E-state index contributed by atoms with van der Waals surface area (Å²) in [5.74, 6) is 0. The third kappa shape index (κ3) is 3.21. The van der Waals surface area contributed by atoms with Gasteiger partial charge in [-0.05, 0) is 0 Å². The molecule has 3 heteroatoms. The molecule has 0 amide bonds. The van der Waals surface area contributed by atoms with E-state index in [1.165, 1.54) is 0 Å². The summed E-state index contributed by atoms with van der Waals surface area (Å²) in [6.45, 7) is 5.23. The maximum absolute atomic E-state index is 3.28. The first-order chi connectivity index (χ1) is 4.50. The molecule has 0 saturated heterocycles. The molecule has 0 saturated carbocycles. The van der Waals surface area contributed by atoms with Gasteiger partial charge in [0.05, 0.1) is 13.1 Å². The van der Waals surface area contributed by atoms with Crippen molar-refractivity contribution in [2.45, 2.75) is 0 Å². The molecule has 0 fully saturated rings. The van der Waals surface area contributed by atoms with E-state index in [0.29, 0.717) is 0 Å². The predicted molar refractivity (Wildman–Crippen MR) is 37.6 cm³/mol. The van der Waals surface area contributed by atoms with Gasteiger partial charge in [0.2, 0.25) is 0 Å². The molecular formula is C6H14N3+. The number of hydrogen-bond acceptors (Lipinski definition) is 2. The standard InChI is InChI=1S/C6H13N3/c1-2-8-5-6-9-4-3-7-1/h1,8-9H,2-6H2/p+1. The minimum absolute atomic E-state index is 0.974. The molecule has 0 spiro atoms. The van der Waals surface area contributed by atoms with Crippen molar-refractivity contribution < 1.29 is 4.99 Å². The fourth-order valence-electron chi connectivity index (χ4n) is 0.811. The van der Waals surface area contributed by atoms with Gasteiger partial charge in [0.1, 0.15) is 0 Å². The van der Waals surface area contributed by atoms with Crippen LogP contribution in [0, 0.1) is 0 Å². The van der Waals surface area contributed by atoms with Crippen LogP contribution in [-0.2, 0) is 0 Å². The molecule has 0 atom stereocenters. The van der Waals surface area contributed by atoms with Gasteiger partial charge in [0.25, 0.3) is 0 Å². The Morgan fingerprint density at radius 2 is 2.00 bits per heavy atom. The van der Waals surface area contributed by atoms with Gasteiger partial charge in [-0.1, -0.05) is 0 Å². The van der Waals surface area contributed by atoms with Crippen LogP contribution in [-0.4, -0.2) is 38.9 Å². The van der Waals surface area contributed by atoms with Crippen molar-refractivity contribution in [3.8, 4) is 0 Å². The van der Waals surface area contributed by atoms with E-state index in [-0.39, 0.29) is 0 Å². The second kappa shape index (κ2) is 4.47. The molecule has 0 aromatic carbocycles. The Hall–Kier alpha value is -0.410. The molecule has 0 unspecified atom stereocenters. The summed E-state index contributed by atoms with van der Waals surface area (Å²) in [6.07, 6.45) is 2.06. The Morgan fingerprint density at radius 1 is 1.11 bits per heavy atom. The zero-order valence-corrected chi connectivity index (χ0v) is 5.61. The highest BCUT2D eigenvalue weighted by Crippen LogP contribution is 1.57. The molecule has 0 aromatic rings. The molecule has 52 valence electrons. The molecule has 1 aliphatic rings. The Morgan fingerprint density at radius 3 is 3.00 bits per heavy atom. The van der Waals surface area contributed by atoms with Crippen LogP contribution in [0.1, 0.15) is 0 Å². The van der Waals surface area contributed by atoms with E-state index in [9.17, 15) is 0 Å². The molecule has 3 N–H and O–H groups in total. The third-order valence-corrected chi connectivity index (χ3v) is 1.32. The lowest BCUT2D eigenvalue weighted by Crippen LogP contribution is -2.71. The normalized spacial score (nSPS) is 22.2. The zero-order valence-electron chi connectivity index (χ0n) is 5.61. The van der Waals surface area contributed by atoms with Gasteiger partial charge < -0.3 is 10.6 Å². The molecule has 1 heterocycles. The highest BCUT2D eigenvalue weighted by atomic mass is 15.0. The van der Waals surface area contributed by atoms with Gasteiger partial charge in [-0.25, -0.2) is 4.99 Å². The van der Waals surface area contributed by atoms with Crippen LogP contribution in [0.15, 0.2) is 0 Å². The second-order valence-electron chi connectivity index (χ2n) is 2.11. The van der Waals surface area contributed by atoms with Crippen molar-refractivity contribution in [1.82, 2.24) is 10.6 Å². The summed E-state index contributed by atoms with van der Waals surface area (Å²) in [5, 5.41) is 6.53. The summed E-state index contributed by atoms with van der Waals surface area (Å²) < 4.78 is 0. The van der Waals surface area contributed by atoms with Crippen LogP contribution in [0.2, 0.25) is 0 Å². The SMILES string of the molecule is C1=[NH+]CCNCCNC1. The van der Waals surface area contributed by atoms with Crippen LogP contribution in [0.5, 0.6) is 0 Å². The van der Waals surface area contributed by atoms with E-state index < -0.39 is 0 Å². The highest BCUT2D eigenvalue weighted by molar-refractivity contribution is 5.52. The molecule has 0 radical (unpaired) electrons. The van der Waals surface area contributed by atoms with Crippen LogP contribution in [0.4, 0.5) is 0 Å². The fourth-order valence-corrected chi connectivity index (χ4v) is 0.811. The average Bonchev–Trinajstić information content (AvgIpc) is 2.00. The second-order valence-corrected chi connectivity index (χ2v) is 2.11. The van der Waals surface area contributed by atoms with Crippen molar-refractivity contribution in [2.75, 3.05) is 32.7 Å². The first-order valence-electron chi connectivity index (χ1n) is 3.46. The van der Waals surface area contributed by atoms with Gasteiger partial charge in [-0.15, -0.1) is 0 Å². The monoisotopic (exact) mass is 128 g/mol. The molecule has 0 aliphatic carbocycles. The first kappa shape index (κ1) is 6.71. The van der Waals surface area contributed by atoms with Gasteiger partial charge in [0, 0.05) is 13.1 Å². The van der Waals surface area contributed by atoms with Crippen molar-refractivity contribution in [3.63, 3.8) is 0 Å². The summed E-state index contributed by atoms with van der Waals surface area (Å²) in [7, 11) is 0. The Labute approximate surface area is 55.6 Å². The highest BCUT2D eigenvalue weighted by Gasteiger charge is 1.91. The van der Waals surface area contributed by atoms with Crippen LogP contribution in [0.3, 0.4) is 0 Å². The van der Waals surface area contributed by atoms with E-state index in [1.54, 1.807) is 0 Å². The smallest absolute Gasteiger partial charge is 0.152 e. The van der Waals surface area contributed by atoms with E-state index >= 15 is 0 Å². The van der Waals surface area contributed by atoms with Crippen LogP contribution < -0.4 is 15.6 Å². The van der Waals surface area contributed by atoms with Gasteiger partial charge in [0.15, 0.2) is 12.8 Å². The molecule has 1 rings (SSSR count). The molecule has 3 nitrogen and oxygen atoms in total. The Balaban J connectivity index is 2.15. The Kier molecular flexibility index (Phi) is 3.33. The number of nitrogens with one attached hydrogen (secondary N) is 3. The first-order valence-corrected chi connectivity index (χ1v) is 3.46. The van der Waals surface area contributed by atoms with Gasteiger partial charge >= 0.3 is 0 Å². The topological polar surface area (TPSA) is 38.0 Å². The zero-order chi connectivity index (χ0) is 6.36. The molecular weight excluding hydrogens is 114 g/mol. The predicted octanol–water partition coefficient (Wildman–Crippen LogP) is -2.67. The third-order valence-electron chi connectivity index (χ3n) is 1.32. The van der Waals surface area contributed by atoms with Crippen molar-refractivity contribution in [1.29, 1.82) is 0 Å². The molecule has 0 bridgehead atoms. The maximum Gasteiger partial charge on any atom is 0.152 e. The minimum Gasteiger partial charge on any atom is -0.310 e. The minimum atomic E-state index is 0.974. The fraction of sp³-hybridized carbons (Fsp3) is 0.833. The Bertz CT molecular complexity index is 80.3. The van der Waals surface area contributed by atoms with E-state index in [0.717, 1.165) is 32.7 Å². The summed E-state index contributed by atoms with van der Waals surface area (Å²) in [4.78, 5) is 3.18. The lowest BCUT2D eigenvalue weighted by atomic mass is 10.5. The molecule has 0 aromatic heterocycles. The maximum atomic E-state index is 3.28. The lowest BCUT2D eigenvalue weighted by Gasteiger charge is -1.97. The molecule has 1 aliphatic heterocycles. The van der Waals surface area contributed by atoms with E-state index in [1.807, 2.05) is 0 Å². The number of rotatable bonds is 0. The average molecular weight is 128 g/mol. The quantitative estimate of drug-likeness (QED) is 0.333. The van der Waals surface area contributed by atoms with E-state index in [4.69, 9.17) is 0 Å².